The van der Waals surface area contributed by atoms with E-state index in [2.05, 4.69) is 14.7 Å². The summed E-state index contributed by atoms with van der Waals surface area (Å²) in [4.78, 5) is 7.54. The molecule has 0 spiro atoms. The molecule has 0 aliphatic carbocycles. The van der Waals surface area contributed by atoms with E-state index in [4.69, 9.17) is 16.3 Å². The first-order valence-corrected chi connectivity index (χ1v) is 7.99. The number of benzene rings is 1. The maximum absolute atomic E-state index is 14.6. The number of rotatable bonds is 4. The molecule has 3 rings (SSSR count). The van der Waals surface area contributed by atoms with E-state index in [-0.39, 0.29) is 28.1 Å². The van der Waals surface area contributed by atoms with Crippen LogP contribution in [0.1, 0.15) is 5.69 Å². The number of methoxy groups -OCH3 is 1. The highest BCUT2D eigenvalue weighted by atomic mass is 35.5. The first-order chi connectivity index (χ1) is 13.1. The highest BCUT2D eigenvalue weighted by Gasteiger charge is 2.32. The lowest BCUT2D eigenvalue weighted by Gasteiger charge is -2.13. The van der Waals surface area contributed by atoms with Gasteiger partial charge in [0.05, 0.1) is 35.9 Å². The van der Waals surface area contributed by atoms with Crippen molar-refractivity contribution < 1.29 is 31.4 Å². The summed E-state index contributed by atoms with van der Waals surface area (Å²) in [5, 5.41) is -0.159. The monoisotopic (exact) mass is 419 g/mol. The van der Waals surface area contributed by atoms with Gasteiger partial charge in [-0.25, -0.2) is 18.7 Å². The van der Waals surface area contributed by atoms with E-state index in [0.29, 0.717) is 0 Å². The Labute approximate surface area is 160 Å². The molecule has 11 heteroatoms. The van der Waals surface area contributed by atoms with Gasteiger partial charge in [0.1, 0.15) is 17.4 Å². The molecule has 0 saturated carbocycles. The Morgan fingerprint density at radius 1 is 1.11 bits per heavy atom. The van der Waals surface area contributed by atoms with E-state index in [1.165, 1.54) is 20.1 Å². The molecule has 0 amide bonds. The fraction of sp³-hybridized carbons (Fsp3) is 0.176. The van der Waals surface area contributed by atoms with Crippen molar-refractivity contribution >= 4 is 11.6 Å². The van der Waals surface area contributed by atoms with Crippen LogP contribution < -0.4 is 9.47 Å². The number of halogens is 6. The summed E-state index contributed by atoms with van der Waals surface area (Å²) in [7, 11) is 1.26. The van der Waals surface area contributed by atoms with Gasteiger partial charge in [-0.05, 0) is 24.6 Å². The minimum atomic E-state index is -4.90. The molecule has 148 valence electrons. The van der Waals surface area contributed by atoms with E-state index in [1.807, 2.05) is 0 Å². The number of ether oxygens (including phenoxy) is 2. The number of hydrogen-bond donors (Lipinski definition) is 0. The Morgan fingerprint density at radius 2 is 1.75 bits per heavy atom. The summed E-state index contributed by atoms with van der Waals surface area (Å²) in [5.74, 6) is -2.58. The van der Waals surface area contributed by atoms with Crippen LogP contribution in [0.15, 0.2) is 30.5 Å². The van der Waals surface area contributed by atoms with E-state index in [0.717, 1.165) is 29.0 Å². The van der Waals surface area contributed by atoms with Gasteiger partial charge in [0.25, 0.3) is 0 Å². The molecular formula is C17H11ClF5N3O2. The fourth-order valence-corrected chi connectivity index (χ4v) is 2.91. The third kappa shape index (κ3) is 3.86. The Morgan fingerprint density at radius 3 is 2.25 bits per heavy atom. The van der Waals surface area contributed by atoms with Crippen molar-refractivity contribution in [3.8, 4) is 28.6 Å². The molecule has 3 aromatic rings. The number of hydrogen-bond acceptors (Lipinski definition) is 4. The molecule has 1 aromatic carbocycles. The maximum atomic E-state index is 14.6. The van der Waals surface area contributed by atoms with Gasteiger partial charge in [0.15, 0.2) is 0 Å². The Balaban J connectivity index is 2.13. The number of aromatic nitrogens is 3. The zero-order chi connectivity index (χ0) is 20.6. The van der Waals surface area contributed by atoms with Crippen molar-refractivity contribution in [3.63, 3.8) is 0 Å². The fourth-order valence-electron chi connectivity index (χ4n) is 2.60. The molecular weight excluding hydrogens is 409 g/mol. The van der Waals surface area contributed by atoms with Gasteiger partial charge < -0.3 is 9.47 Å². The molecule has 0 fully saturated rings. The molecule has 28 heavy (non-hydrogen) atoms. The third-order valence-corrected chi connectivity index (χ3v) is 3.95. The van der Waals surface area contributed by atoms with E-state index < -0.39 is 29.4 Å². The van der Waals surface area contributed by atoms with Crippen molar-refractivity contribution in [2.75, 3.05) is 7.11 Å². The van der Waals surface area contributed by atoms with Crippen LogP contribution in [0.3, 0.4) is 0 Å². The van der Waals surface area contributed by atoms with E-state index >= 15 is 0 Å². The molecule has 5 nitrogen and oxygen atoms in total. The quantitative estimate of drug-likeness (QED) is 0.553. The lowest BCUT2D eigenvalue weighted by atomic mass is 10.1. The second-order valence-corrected chi connectivity index (χ2v) is 5.86. The van der Waals surface area contributed by atoms with Gasteiger partial charge in [0.2, 0.25) is 11.2 Å². The average Bonchev–Trinajstić information content (AvgIpc) is 2.88. The van der Waals surface area contributed by atoms with Gasteiger partial charge in [-0.1, -0.05) is 0 Å². The summed E-state index contributed by atoms with van der Waals surface area (Å²) in [5.41, 5.74) is -0.115. The topological polar surface area (TPSA) is 49.2 Å². The van der Waals surface area contributed by atoms with Crippen molar-refractivity contribution in [2.24, 2.45) is 0 Å². The zero-order valence-corrected chi connectivity index (χ0v) is 15.1. The van der Waals surface area contributed by atoms with Crippen LogP contribution in [0.4, 0.5) is 22.0 Å². The highest BCUT2D eigenvalue weighted by Crippen LogP contribution is 2.36. The lowest BCUT2D eigenvalue weighted by Crippen LogP contribution is -2.17. The van der Waals surface area contributed by atoms with Crippen molar-refractivity contribution in [3.05, 3.63) is 53.1 Å². The van der Waals surface area contributed by atoms with Crippen LogP contribution >= 0.6 is 11.6 Å². The Bertz CT molecular complexity index is 996. The standard InChI is InChI=1S/C17H11ClF5N3O2/c1-8-15(14-11(19)5-10(27-2)6-12(14)20)26(16(18)25-8)9-3-4-13(24-7-9)28-17(21,22)23/h3-7H,1-2H3. The predicted molar refractivity (Wildman–Crippen MR) is 89.7 cm³/mol. The van der Waals surface area contributed by atoms with Crippen molar-refractivity contribution in [1.29, 1.82) is 0 Å². The second kappa shape index (κ2) is 7.27. The van der Waals surface area contributed by atoms with Crippen LogP contribution in [0.5, 0.6) is 11.6 Å². The SMILES string of the molecule is COc1cc(F)c(-c2c(C)nc(Cl)n2-c2ccc(OC(F)(F)F)nc2)c(F)c1. The molecule has 0 radical (unpaired) electrons. The maximum Gasteiger partial charge on any atom is 0.574 e. The average molecular weight is 420 g/mol. The minimum Gasteiger partial charge on any atom is -0.497 e. The molecule has 0 bridgehead atoms. The van der Waals surface area contributed by atoms with Crippen molar-refractivity contribution in [1.82, 2.24) is 14.5 Å². The zero-order valence-electron chi connectivity index (χ0n) is 14.3. The number of aryl methyl sites for hydroxylation is 1. The van der Waals surface area contributed by atoms with Crippen LogP contribution in [-0.4, -0.2) is 28.0 Å². The molecule has 0 atom stereocenters. The van der Waals surface area contributed by atoms with E-state index in [1.54, 1.807) is 0 Å². The highest BCUT2D eigenvalue weighted by molar-refractivity contribution is 6.29. The smallest absolute Gasteiger partial charge is 0.497 e. The molecule has 2 aromatic heterocycles. The van der Waals surface area contributed by atoms with E-state index in [9.17, 15) is 22.0 Å². The van der Waals surface area contributed by atoms with Crippen LogP contribution in [0.25, 0.3) is 16.9 Å². The molecule has 0 unspecified atom stereocenters. The summed E-state index contributed by atoms with van der Waals surface area (Å²) >= 11 is 6.09. The van der Waals surface area contributed by atoms with Crippen LogP contribution in [-0.2, 0) is 0 Å². The summed E-state index contributed by atoms with van der Waals surface area (Å²) in [6.45, 7) is 1.48. The minimum absolute atomic E-state index is 0.0195. The van der Waals surface area contributed by atoms with Gasteiger partial charge >= 0.3 is 6.36 Å². The van der Waals surface area contributed by atoms with Crippen LogP contribution in [0.2, 0.25) is 5.28 Å². The molecule has 2 heterocycles. The first kappa shape index (κ1) is 19.9. The van der Waals surface area contributed by atoms with Gasteiger partial charge in [-0.2, -0.15) is 0 Å². The lowest BCUT2D eigenvalue weighted by molar-refractivity contribution is -0.276. The van der Waals surface area contributed by atoms with Gasteiger partial charge in [0, 0.05) is 18.2 Å². The normalized spacial score (nSPS) is 11.6. The molecule has 0 aliphatic heterocycles. The number of imidazole rings is 1. The van der Waals surface area contributed by atoms with Crippen molar-refractivity contribution in [2.45, 2.75) is 13.3 Å². The largest absolute Gasteiger partial charge is 0.574 e. The summed E-state index contributed by atoms with van der Waals surface area (Å²) in [6.07, 6.45) is -3.89. The second-order valence-electron chi connectivity index (χ2n) is 5.52. The number of pyridine rings is 1. The molecule has 0 N–H and O–H groups in total. The van der Waals surface area contributed by atoms with Gasteiger partial charge in [-0.3, -0.25) is 4.57 Å². The predicted octanol–water partition coefficient (Wildman–Crippen LogP) is 5.08. The van der Waals surface area contributed by atoms with Gasteiger partial charge in [-0.15, -0.1) is 13.2 Å². The Kier molecular flexibility index (Phi) is 5.16. The molecule has 0 saturated heterocycles. The van der Waals surface area contributed by atoms with Crippen LogP contribution in [0, 0.1) is 18.6 Å². The third-order valence-electron chi connectivity index (χ3n) is 3.70. The summed E-state index contributed by atoms with van der Waals surface area (Å²) in [6, 6.07) is 4.12. The first-order valence-electron chi connectivity index (χ1n) is 7.61. The number of alkyl halides is 3. The Hall–Kier alpha value is -2.88. The molecule has 0 aliphatic rings. The number of nitrogens with zero attached hydrogens (tertiary/aromatic N) is 3. The summed E-state index contributed by atoms with van der Waals surface area (Å²) < 4.78 is 75.6.